The Labute approximate surface area is 152 Å². The SMILES string of the molecule is CS(=O)(=O)N1CCC(C(=O)OCC(=O)NCCc2ccc(F)cc2)CC1. The van der Waals surface area contributed by atoms with E-state index in [1.807, 2.05) is 0 Å². The zero-order valence-corrected chi connectivity index (χ0v) is 15.4. The van der Waals surface area contributed by atoms with Crippen LogP contribution in [0.2, 0.25) is 0 Å². The van der Waals surface area contributed by atoms with Crippen LogP contribution in [-0.4, -0.2) is 57.1 Å². The maximum absolute atomic E-state index is 12.8. The highest BCUT2D eigenvalue weighted by atomic mass is 32.2. The highest BCUT2D eigenvalue weighted by Crippen LogP contribution is 2.20. The van der Waals surface area contributed by atoms with Crippen molar-refractivity contribution in [1.29, 1.82) is 0 Å². The predicted octanol–water partition coefficient (Wildman–Crippen LogP) is 0.699. The van der Waals surface area contributed by atoms with E-state index >= 15 is 0 Å². The second kappa shape index (κ2) is 9.09. The molecule has 1 aliphatic rings. The number of halogens is 1. The molecular weight excluding hydrogens is 363 g/mol. The van der Waals surface area contributed by atoms with Crippen LogP contribution >= 0.6 is 0 Å². The Balaban J connectivity index is 1.64. The van der Waals surface area contributed by atoms with E-state index in [1.165, 1.54) is 16.4 Å². The van der Waals surface area contributed by atoms with Gasteiger partial charge in [0.25, 0.3) is 5.91 Å². The molecule has 0 atom stereocenters. The number of carbonyl (C=O) groups is 2. The number of hydrogen-bond acceptors (Lipinski definition) is 5. The molecule has 0 aromatic heterocycles. The van der Waals surface area contributed by atoms with Crippen molar-refractivity contribution in [2.24, 2.45) is 5.92 Å². The molecule has 0 unspecified atom stereocenters. The van der Waals surface area contributed by atoms with Crippen LogP contribution in [0.3, 0.4) is 0 Å². The number of carbonyl (C=O) groups excluding carboxylic acids is 2. The molecule has 1 saturated heterocycles. The molecule has 144 valence electrons. The lowest BCUT2D eigenvalue weighted by Crippen LogP contribution is -2.40. The first-order valence-electron chi connectivity index (χ1n) is 8.38. The molecule has 1 heterocycles. The standard InChI is InChI=1S/C17H23FN2O5S/c1-26(23,24)20-10-7-14(8-11-20)17(22)25-12-16(21)19-9-6-13-2-4-15(18)5-3-13/h2-5,14H,6-12H2,1H3,(H,19,21). The van der Waals surface area contributed by atoms with E-state index in [0.717, 1.165) is 11.8 Å². The van der Waals surface area contributed by atoms with Gasteiger partial charge in [0.15, 0.2) is 6.61 Å². The van der Waals surface area contributed by atoms with Gasteiger partial charge in [0.2, 0.25) is 10.0 Å². The van der Waals surface area contributed by atoms with Crippen molar-refractivity contribution >= 4 is 21.9 Å². The van der Waals surface area contributed by atoms with E-state index in [1.54, 1.807) is 12.1 Å². The van der Waals surface area contributed by atoms with Gasteiger partial charge in [-0.3, -0.25) is 9.59 Å². The fourth-order valence-electron chi connectivity index (χ4n) is 2.73. The van der Waals surface area contributed by atoms with Gasteiger partial charge in [0.1, 0.15) is 5.82 Å². The average Bonchev–Trinajstić information content (AvgIpc) is 2.61. The Hall–Kier alpha value is -2.00. The molecule has 0 spiro atoms. The molecule has 0 aliphatic carbocycles. The molecule has 1 aliphatic heterocycles. The second-order valence-corrected chi connectivity index (χ2v) is 8.25. The number of benzene rings is 1. The highest BCUT2D eigenvalue weighted by molar-refractivity contribution is 7.88. The fraction of sp³-hybridized carbons (Fsp3) is 0.529. The van der Waals surface area contributed by atoms with E-state index in [4.69, 9.17) is 4.74 Å². The number of piperidine rings is 1. The predicted molar refractivity (Wildman–Crippen MR) is 93.2 cm³/mol. The van der Waals surface area contributed by atoms with E-state index in [2.05, 4.69) is 5.32 Å². The van der Waals surface area contributed by atoms with Crippen LogP contribution in [0.1, 0.15) is 18.4 Å². The molecular formula is C17H23FN2O5S. The number of hydrogen-bond donors (Lipinski definition) is 1. The average molecular weight is 386 g/mol. The van der Waals surface area contributed by atoms with Gasteiger partial charge in [-0.1, -0.05) is 12.1 Å². The van der Waals surface area contributed by atoms with Gasteiger partial charge < -0.3 is 10.1 Å². The lowest BCUT2D eigenvalue weighted by Gasteiger charge is -2.28. The fourth-order valence-corrected chi connectivity index (χ4v) is 3.60. The van der Waals surface area contributed by atoms with Crippen molar-refractivity contribution in [3.8, 4) is 0 Å². The summed E-state index contributed by atoms with van der Waals surface area (Å²) < 4.78 is 42.0. The molecule has 1 fully saturated rings. The van der Waals surface area contributed by atoms with Crippen LogP contribution in [0, 0.1) is 11.7 Å². The first kappa shape index (κ1) is 20.3. The van der Waals surface area contributed by atoms with Crippen molar-refractivity contribution < 1.29 is 27.1 Å². The summed E-state index contributed by atoms with van der Waals surface area (Å²) >= 11 is 0. The van der Waals surface area contributed by atoms with Crippen molar-refractivity contribution in [1.82, 2.24) is 9.62 Å². The third-order valence-corrected chi connectivity index (χ3v) is 5.55. The van der Waals surface area contributed by atoms with E-state index in [-0.39, 0.29) is 31.4 Å². The topological polar surface area (TPSA) is 92.8 Å². The largest absolute Gasteiger partial charge is 0.455 e. The Morgan fingerprint density at radius 3 is 2.42 bits per heavy atom. The number of rotatable bonds is 7. The molecule has 0 saturated carbocycles. The quantitative estimate of drug-likeness (QED) is 0.697. The highest BCUT2D eigenvalue weighted by Gasteiger charge is 2.30. The summed E-state index contributed by atoms with van der Waals surface area (Å²) in [6.07, 6.45) is 2.46. The van der Waals surface area contributed by atoms with Crippen LogP contribution in [0.25, 0.3) is 0 Å². The zero-order valence-electron chi connectivity index (χ0n) is 14.6. The minimum absolute atomic E-state index is 0.280. The Bertz CT molecular complexity index is 728. The lowest BCUT2D eigenvalue weighted by atomic mass is 9.98. The van der Waals surface area contributed by atoms with Crippen molar-refractivity contribution in [2.45, 2.75) is 19.3 Å². The van der Waals surface area contributed by atoms with Gasteiger partial charge in [-0.2, -0.15) is 0 Å². The lowest BCUT2D eigenvalue weighted by molar-refractivity contribution is -0.153. The summed E-state index contributed by atoms with van der Waals surface area (Å²) in [6, 6.07) is 6.00. The summed E-state index contributed by atoms with van der Waals surface area (Å²) in [4.78, 5) is 23.7. The number of nitrogens with one attached hydrogen (secondary N) is 1. The van der Waals surface area contributed by atoms with Gasteiger partial charge in [0.05, 0.1) is 12.2 Å². The molecule has 1 amide bonds. The van der Waals surface area contributed by atoms with Crippen LogP contribution in [-0.2, 0) is 30.8 Å². The summed E-state index contributed by atoms with van der Waals surface area (Å²) in [7, 11) is -3.24. The second-order valence-electron chi connectivity index (χ2n) is 6.27. The summed E-state index contributed by atoms with van der Waals surface area (Å²) in [5.74, 6) is -1.59. The normalized spacial score (nSPS) is 16.2. The van der Waals surface area contributed by atoms with Crippen molar-refractivity contribution in [2.75, 3.05) is 32.5 Å². The van der Waals surface area contributed by atoms with Crippen molar-refractivity contribution in [3.63, 3.8) is 0 Å². The Morgan fingerprint density at radius 2 is 1.85 bits per heavy atom. The first-order valence-corrected chi connectivity index (χ1v) is 10.2. The molecule has 0 radical (unpaired) electrons. The third kappa shape index (κ3) is 6.38. The summed E-state index contributed by atoms with van der Waals surface area (Å²) in [5.41, 5.74) is 0.890. The third-order valence-electron chi connectivity index (χ3n) is 4.25. The van der Waals surface area contributed by atoms with E-state index < -0.39 is 21.9 Å². The van der Waals surface area contributed by atoms with E-state index in [0.29, 0.717) is 25.8 Å². The van der Waals surface area contributed by atoms with Crippen molar-refractivity contribution in [3.05, 3.63) is 35.6 Å². The maximum atomic E-state index is 12.8. The Morgan fingerprint density at radius 1 is 1.23 bits per heavy atom. The molecule has 0 bridgehead atoms. The number of ether oxygens (including phenoxy) is 1. The first-order chi connectivity index (χ1) is 12.3. The van der Waals surface area contributed by atoms with Gasteiger partial charge in [-0.25, -0.2) is 17.1 Å². The maximum Gasteiger partial charge on any atom is 0.309 e. The van der Waals surface area contributed by atoms with Crippen LogP contribution in [0.15, 0.2) is 24.3 Å². The van der Waals surface area contributed by atoms with Gasteiger partial charge in [0, 0.05) is 19.6 Å². The van der Waals surface area contributed by atoms with Crippen LogP contribution in [0.4, 0.5) is 4.39 Å². The number of esters is 1. The molecule has 1 aromatic rings. The zero-order chi connectivity index (χ0) is 19.2. The van der Waals surface area contributed by atoms with E-state index in [9.17, 15) is 22.4 Å². The molecule has 1 aromatic carbocycles. The van der Waals surface area contributed by atoms with Crippen LogP contribution < -0.4 is 5.32 Å². The Kier molecular flexibility index (Phi) is 7.10. The number of amides is 1. The van der Waals surface area contributed by atoms with Crippen LogP contribution in [0.5, 0.6) is 0 Å². The summed E-state index contributed by atoms with van der Waals surface area (Å²) in [5, 5.41) is 2.63. The minimum Gasteiger partial charge on any atom is -0.455 e. The number of nitrogens with zero attached hydrogens (tertiary/aromatic N) is 1. The molecule has 26 heavy (non-hydrogen) atoms. The molecule has 2 rings (SSSR count). The molecule has 1 N–H and O–H groups in total. The minimum atomic E-state index is -3.24. The van der Waals surface area contributed by atoms with Gasteiger partial charge >= 0.3 is 5.97 Å². The smallest absolute Gasteiger partial charge is 0.309 e. The molecule has 7 nitrogen and oxygen atoms in total. The van der Waals surface area contributed by atoms with Gasteiger partial charge in [-0.05, 0) is 37.0 Å². The van der Waals surface area contributed by atoms with Gasteiger partial charge in [-0.15, -0.1) is 0 Å². The number of sulfonamides is 1. The monoisotopic (exact) mass is 386 g/mol. The summed E-state index contributed by atoms with van der Waals surface area (Å²) in [6.45, 7) is 0.550. The molecule has 9 heteroatoms.